The summed E-state index contributed by atoms with van der Waals surface area (Å²) in [4.78, 5) is 16.7. The number of nitrogens with one attached hydrogen (secondary N) is 1. The Hall–Kier alpha value is -3.93. The van der Waals surface area contributed by atoms with Crippen molar-refractivity contribution in [3.05, 3.63) is 108 Å². The molecule has 1 aromatic heterocycles. The molecule has 6 heteroatoms. The summed E-state index contributed by atoms with van der Waals surface area (Å²) in [6.07, 6.45) is 4.74. The van der Waals surface area contributed by atoms with Crippen molar-refractivity contribution in [3.63, 3.8) is 0 Å². The maximum Gasteiger partial charge on any atom is 0.256 e. The van der Waals surface area contributed by atoms with Crippen LogP contribution in [0.1, 0.15) is 15.9 Å². The second-order valence-corrected chi connectivity index (χ2v) is 6.35. The maximum absolute atomic E-state index is 14.4. The van der Waals surface area contributed by atoms with Gasteiger partial charge in [-0.25, -0.2) is 9.37 Å². The molecule has 5 nitrogen and oxygen atoms in total. The van der Waals surface area contributed by atoms with Crippen molar-refractivity contribution in [3.8, 4) is 11.4 Å². The summed E-state index contributed by atoms with van der Waals surface area (Å²) in [5.41, 5.74) is 1.94. The van der Waals surface area contributed by atoms with Crippen molar-refractivity contribution in [2.24, 2.45) is 0 Å². The Morgan fingerprint density at radius 2 is 1.83 bits per heavy atom. The summed E-state index contributed by atoms with van der Waals surface area (Å²) < 4.78 is 21.8. The molecule has 29 heavy (non-hydrogen) atoms. The summed E-state index contributed by atoms with van der Waals surface area (Å²) in [5, 5.41) is 2.75. The molecule has 0 spiro atoms. The molecule has 0 fully saturated rings. The van der Waals surface area contributed by atoms with Gasteiger partial charge in [-0.05, 0) is 36.4 Å². The molecule has 144 valence electrons. The molecule has 4 rings (SSSR count). The van der Waals surface area contributed by atoms with Gasteiger partial charge in [0.15, 0.2) is 0 Å². The summed E-state index contributed by atoms with van der Waals surface area (Å²) in [6.45, 7) is 0.252. The lowest BCUT2D eigenvalue weighted by Gasteiger charge is -2.12. The largest absolute Gasteiger partial charge is 0.489 e. The molecule has 0 saturated heterocycles. The Bertz CT molecular complexity index is 1110. The minimum atomic E-state index is -0.457. The molecule has 0 bridgehead atoms. The summed E-state index contributed by atoms with van der Waals surface area (Å²) in [7, 11) is 0. The smallest absolute Gasteiger partial charge is 0.256 e. The van der Waals surface area contributed by atoms with Crippen LogP contribution in [0.15, 0.2) is 91.5 Å². The van der Waals surface area contributed by atoms with Crippen LogP contribution in [0.2, 0.25) is 0 Å². The highest BCUT2D eigenvalue weighted by Gasteiger charge is 2.13. The third-order valence-corrected chi connectivity index (χ3v) is 4.39. The molecule has 0 radical (unpaired) electrons. The number of imidazole rings is 1. The Morgan fingerprint density at radius 3 is 2.59 bits per heavy atom. The standard InChI is InChI=1S/C23H18FN3O2/c24-21-14-18(10-11-22(21)27-13-12-25-16-27)26-23(28)20-9-5-4-6-17(20)15-29-19-7-2-1-3-8-19/h1-14,16H,15H2,(H,26,28). The van der Waals surface area contributed by atoms with Crippen LogP contribution in [-0.4, -0.2) is 15.5 Å². The van der Waals surface area contributed by atoms with E-state index in [1.807, 2.05) is 42.5 Å². The van der Waals surface area contributed by atoms with Crippen LogP contribution in [0, 0.1) is 5.82 Å². The minimum absolute atomic E-state index is 0.252. The maximum atomic E-state index is 14.4. The number of hydrogen-bond acceptors (Lipinski definition) is 3. The molecule has 1 heterocycles. The first-order chi connectivity index (χ1) is 14.2. The van der Waals surface area contributed by atoms with Crippen molar-refractivity contribution in [1.29, 1.82) is 0 Å². The van der Waals surface area contributed by atoms with E-state index >= 15 is 0 Å². The second-order valence-electron chi connectivity index (χ2n) is 6.35. The quantitative estimate of drug-likeness (QED) is 0.515. The number of ether oxygens (including phenoxy) is 1. The van der Waals surface area contributed by atoms with Crippen molar-refractivity contribution in [2.75, 3.05) is 5.32 Å². The number of carbonyl (C=O) groups is 1. The Balaban J connectivity index is 1.49. The lowest BCUT2D eigenvalue weighted by molar-refractivity contribution is 0.102. The van der Waals surface area contributed by atoms with Gasteiger partial charge in [0.05, 0.1) is 12.0 Å². The number of para-hydroxylation sites is 1. The van der Waals surface area contributed by atoms with E-state index in [0.29, 0.717) is 16.9 Å². The first kappa shape index (κ1) is 18.4. The third-order valence-electron chi connectivity index (χ3n) is 4.39. The summed E-state index contributed by atoms with van der Waals surface area (Å²) >= 11 is 0. The van der Waals surface area contributed by atoms with E-state index in [9.17, 15) is 9.18 Å². The molecule has 0 atom stereocenters. The van der Waals surface area contributed by atoms with Gasteiger partial charge in [0.2, 0.25) is 0 Å². The number of rotatable bonds is 6. The number of halogens is 1. The summed E-state index contributed by atoms with van der Waals surface area (Å²) in [5.74, 6) is -0.0617. The van der Waals surface area contributed by atoms with Gasteiger partial charge < -0.3 is 14.6 Å². The van der Waals surface area contributed by atoms with Crippen molar-refractivity contribution in [2.45, 2.75) is 6.61 Å². The molecule has 0 aliphatic heterocycles. The van der Waals surface area contributed by atoms with E-state index in [0.717, 1.165) is 11.3 Å². The van der Waals surface area contributed by atoms with E-state index < -0.39 is 5.82 Å². The zero-order chi connectivity index (χ0) is 20.1. The molecule has 0 aliphatic rings. The van der Waals surface area contributed by atoms with Gasteiger partial charge in [-0.3, -0.25) is 4.79 Å². The average Bonchev–Trinajstić information content (AvgIpc) is 3.28. The summed E-state index contributed by atoms with van der Waals surface area (Å²) in [6, 6.07) is 21.1. The van der Waals surface area contributed by atoms with Crippen molar-refractivity contribution < 1.29 is 13.9 Å². The minimum Gasteiger partial charge on any atom is -0.489 e. The molecular formula is C23H18FN3O2. The lowest BCUT2D eigenvalue weighted by atomic mass is 10.1. The SMILES string of the molecule is O=C(Nc1ccc(-n2ccnc2)c(F)c1)c1ccccc1COc1ccccc1. The number of nitrogens with zero attached hydrogens (tertiary/aromatic N) is 2. The number of aromatic nitrogens is 2. The Labute approximate surface area is 167 Å². The van der Waals surface area contributed by atoms with E-state index in [1.165, 1.54) is 12.4 Å². The molecule has 0 aliphatic carbocycles. The van der Waals surface area contributed by atoms with Crippen LogP contribution in [-0.2, 0) is 6.61 Å². The van der Waals surface area contributed by atoms with E-state index in [1.54, 1.807) is 41.2 Å². The third kappa shape index (κ3) is 4.32. The van der Waals surface area contributed by atoms with Crippen LogP contribution in [0.4, 0.5) is 10.1 Å². The Morgan fingerprint density at radius 1 is 1.03 bits per heavy atom. The van der Waals surface area contributed by atoms with Gasteiger partial charge >= 0.3 is 0 Å². The number of amides is 1. The number of benzene rings is 3. The van der Waals surface area contributed by atoms with Crippen LogP contribution < -0.4 is 10.1 Å². The van der Waals surface area contributed by atoms with Crippen LogP contribution in [0.25, 0.3) is 5.69 Å². The number of anilines is 1. The van der Waals surface area contributed by atoms with Gasteiger partial charge in [-0.2, -0.15) is 0 Å². The van der Waals surface area contributed by atoms with Crippen molar-refractivity contribution in [1.82, 2.24) is 9.55 Å². The highest BCUT2D eigenvalue weighted by atomic mass is 19.1. The molecule has 4 aromatic rings. The van der Waals surface area contributed by atoms with Crippen LogP contribution >= 0.6 is 0 Å². The molecular weight excluding hydrogens is 369 g/mol. The topological polar surface area (TPSA) is 56.2 Å². The Kier molecular flexibility index (Phi) is 5.33. The van der Waals surface area contributed by atoms with Gasteiger partial charge in [0, 0.05) is 29.2 Å². The van der Waals surface area contributed by atoms with Gasteiger partial charge in [-0.1, -0.05) is 36.4 Å². The molecule has 3 aromatic carbocycles. The van der Waals surface area contributed by atoms with Gasteiger partial charge in [0.1, 0.15) is 18.2 Å². The number of hydrogen-bond donors (Lipinski definition) is 1. The van der Waals surface area contributed by atoms with Crippen LogP contribution in [0.5, 0.6) is 5.75 Å². The highest BCUT2D eigenvalue weighted by molar-refractivity contribution is 6.05. The van der Waals surface area contributed by atoms with Gasteiger partial charge in [-0.15, -0.1) is 0 Å². The highest BCUT2D eigenvalue weighted by Crippen LogP contribution is 2.20. The molecule has 0 saturated carbocycles. The van der Waals surface area contributed by atoms with Gasteiger partial charge in [0.25, 0.3) is 5.91 Å². The monoisotopic (exact) mass is 387 g/mol. The average molecular weight is 387 g/mol. The zero-order valence-electron chi connectivity index (χ0n) is 15.5. The predicted molar refractivity (Wildman–Crippen MR) is 109 cm³/mol. The second kappa shape index (κ2) is 8.39. The number of carbonyl (C=O) groups excluding carboxylic acids is 1. The predicted octanol–water partition coefficient (Wildman–Crippen LogP) is 4.84. The zero-order valence-corrected chi connectivity index (χ0v) is 15.5. The van der Waals surface area contributed by atoms with Crippen LogP contribution in [0.3, 0.4) is 0 Å². The van der Waals surface area contributed by atoms with Crippen molar-refractivity contribution >= 4 is 11.6 Å². The molecule has 0 unspecified atom stereocenters. The fourth-order valence-corrected chi connectivity index (χ4v) is 2.94. The first-order valence-corrected chi connectivity index (χ1v) is 9.06. The fourth-order valence-electron chi connectivity index (χ4n) is 2.94. The lowest BCUT2D eigenvalue weighted by Crippen LogP contribution is -2.15. The fraction of sp³-hybridized carbons (Fsp3) is 0.0435. The van der Waals surface area contributed by atoms with E-state index in [2.05, 4.69) is 10.3 Å². The van der Waals surface area contributed by atoms with E-state index in [-0.39, 0.29) is 12.5 Å². The normalized spacial score (nSPS) is 10.5. The first-order valence-electron chi connectivity index (χ1n) is 9.06. The molecule has 1 amide bonds. The van der Waals surface area contributed by atoms with E-state index in [4.69, 9.17) is 4.74 Å². The molecule has 1 N–H and O–H groups in total.